The molecule has 2 heteroatoms. The molecule has 2 aromatic rings. The normalized spacial score (nSPS) is 16.5. The van der Waals surface area contributed by atoms with Crippen LogP contribution in [0, 0.1) is 6.92 Å². The van der Waals surface area contributed by atoms with Crippen molar-refractivity contribution in [2.75, 3.05) is 0 Å². The molecule has 0 aromatic heterocycles. The lowest BCUT2D eigenvalue weighted by molar-refractivity contribution is 0.506. The summed E-state index contributed by atoms with van der Waals surface area (Å²) in [5.74, 6) is 1.05. The second kappa shape index (κ2) is 5.99. The number of benzene rings is 2. The van der Waals surface area contributed by atoms with E-state index in [1.165, 1.54) is 38.6 Å². The molecule has 130 valence electrons. The third-order valence-electron chi connectivity index (χ3n) is 5.78. The topological polar surface area (TPSA) is 9.23 Å². The van der Waals surface area contributed by atoms with E-state index in [1.54, 1.807) is 0 Å². The summed E-state index contributed by atoms with van der Waals surface area (Å²) in [6.07, 6.45) is 6.27. The summed E-state index contributed by atoms with van der Waals surface area (Å²) in [4.78, 5) is 0. The van der Waals surface area contributed by atoms with Crippen LogP contribution in [0.4, 0.5) is 0 Å². The minimum atomic E-state index is -2.34. The minimum absolute atomic E-state index is 0.149. The second-order valence-electron chi connectivity index (χ2n) is 7.30. The zero-order chi connectivity index (χ0) is 18.5. The Hall–Kier alpha value is -2.58. The van der Waals surface area contributed by atoms with Gasteiger partial charge in [-0.2, -0.15) is 0 Å². The first-order valence-corrected chi connectivity index (χ1v) is 11.6. The van der Waals surface area contributed by atoms with Crippen molar-refractivity contribution in [3.8, 4) is 0 Å². The van der Waals surface area contributed by atoms with Crippen LogP contribution in [0.2, 0.25) is 12.1 Å². The van der Waals surface area contributed by atoms with Gasteiger partial charge in [-0.3, -0.25) is 0 Å². The minimum Gasteiger partial charge on any atom is -0.538 e. The molecule has 0 heterocycles. The summed E-state index contributed by atoms with van der Waals surface area (Å²) in [6.45, 7) is 14.7. The Kier molecular flexibility index (Phi) is 3.89. The average Bonchev–Trinajstić information content (AvgIpc) is 2.61. The highest BCUT2D eigenvalue weighted by molar-refractivity contribution is 6.95. The zero-order valence-electron chi connectivity index (χ0n) is 15.7. The lowest BCUT2D eigenvalue weighted by Crippen LogP contribution is -2.42. The molecule has 0 saturated carbocycles. The van der Waals surface area contributed by atoms with Crippen molar-refractivity contribution < 1.29 is 4.43 Å². The maximum absolute atomic E-state index is 6.88. The summed E-state index contributed by atoms with van der Waals surface area (Å²) in [5.41, 5.74) is 7.92. The number of aryl methyl sites for hydroxylation is 1. The van der Waals surface area contributed by atoms with Gasteiger partial charge in [0.05, 0.1) is 0 Å². The number of hydrogen-bond acceptors (Lipinski definition) is 1. The van der Waals surface area contributed by atoms with Gasteiger partial charge in [-0.1, -0.05) is 60.7 Å². The van der Waals surface area contributed by atoms with Crippen molar-refractivity contribution in [3.05, 3.63) is 95.6 Å². The summed E-state index contributed by atoms with van der Waals surface area (Å²) in [6, 6.07) is 15.0. The van der Waals surface area contributed by atoms with Gasteiger partial charge in [-0.25, -0.2) is 0 Å². The summed E-state index contributed by atoms with van der Waals surface area (Å²) < 4.78 is 6.88. The van der Waals surface area contributed by atoms with Crippen molar-refractivity contribution in [3.63, 3.8) is 0 Å². The molecular formula is C24H24OSi. The lowest BCUT2D eigenvalue weighted by Gasteiger charge is -2.42. The molecule has 2 aliphatic rings. The lowest BCUT2D eigenvalue weighted by atomic mass is 9.84. The van der Waals surface area contributed by atoms with Gasteiger partial charge in [0, 0.05) is 11.1 Å². The molecule has 0 spiro atoms. The van der Waals surface area contributed by atoms with Gasteiger partial charge in [0.1, 0.15) is 5.76 Å². The van der Waals surface area contributed by atoms with Gasteiger partial charge in [-0.05, 0) is 53.4 Å². The van der Waals surface area contributed by atoms with Crippen LogP contribution in [-0.4, -0.2) is 8.32 Å². The van der Waals surface area contributed by atoms with Gasteiger partial charge < -0.3 is 4.43 Å². The van der Waals surface area contributed by atoms with Gasteiger partial charge in [-0.15, -0.1) is 13.2 Å². The number of rotatable bonds is 6. The Balaban J connectivity index is 1.76. The predicted octanol–water partition coefficient (Wildman–Crippen LogP) is 6.62. The fraction of sp³-hybridized carbons (Fsp3) is 0.167. The molecule has 0 fully saturated rings. The predicted molar refractivity (Wildman–Crippen MR) is 115 cm³/mol. The molecule has 0 aliphatic heterocycles. The Morgan fingerprint density at radius 2 is 1.65 bits per heavy atom. The van der Waals surface area contributed by atoms with Crippen LogP contribution in [0.1, 0.15) is 34.7 Å². The van der Waals surface area contributed by atoms with Crippen molar-refractivity contribution in [1.82, 2.24) is 0 Å². The van der Waals surface area contributed by atoms with E-state index in [1.807, 2.05) is 12.2 Å². The van der Waals surface area contributed by atoms with Crippen LogP contribution >= 0.6 is 0 Å². The third kappa shape index (κ3) is 2.22. The van der Waals surface area contributed by atoms with Crippen LogP contribution in [0.25, 0.3) is 22.6 Å². The van der Waals surface area contributed by atoms with Crippen LogP contribution in [-0.2, 0) is 4.43 Å². The molecular weight excluding hydrogens is 332 g/mol. The molecule has 2 aliphatic carbocycles. The zero-order valence-corrected chi connectivity index (χ0v) is 16.7. The first-order valence-electron chi connectivity index (χ1n) is 9.08. The number of fused-ring (bicyclic) bond motifs is 2. The molecule has 2 aromatic carbocycles. The van der Waals surface area contributed by atoms with Crippen LogP contribution < -0.4 is 0 Å². The highest BCUT2D eigenvalue weighted by atomic mass is 28.4. The molecule has 0 N–H and O–H groups in total. The standard InChI is InChI=1S/C24H24OSi/c1-6-19(7-2)26(5,22-15-18-12-8-9-13-20(18)22)25-24-17(4)23-16(3)11-10-14-21(23)24/h6-15,19H,1-2H2,3-5H3. The third-order valence-corrected chi connectivity index (χ3v) is 9.63. The first-order chi connectivity index (χ1) is 12.5. The summed E-state index contributed by atoms with van der Waals surface area (Å²) in [5, 5.41) is 1.35. The Morgan fingerprint density at radius 3 is 2.35 bits per heavy atom. The number of allylic oxidation sites excluding steroid dienone is 3. The van der Waals surface area contributed by atoms with Crippen molar-refractivity contribution >= 4 is 30.9 Å². The van der Waals surface area contributed by atoms with Crippen molar-refractivity contribution in [1.29, 1.82) is 0 Å². The quantitative estimate of drug-likeness (QED) is 0.417. The van der Waals surface area contributed by atoms with E-state index in [-0.39, 0.29) is 5.54 Å². The van der Waals surface area contributed by atoms with Crippen LogP contribution in [0.5, 0.6) is 0 Å². The second-order valence-corrected chi connectivity index (χ2v) is 10.9. The molecule has 0 bridgehead atoms. The van der Waals surface area contributed by atoms with E-state index in [9.17, 15) is 0 Å². The highest BCUT2D eigenvalue weighted by Gasteiger charge is 2.47. The largest absolute Gasteiger partial charge is 0.538 e. The molecule has 0 saturated heterocycles. The molecule has 1 unspecified atom stereocenters. The monoisotopic (exact) mass is 356 g/mol. The molecule has 4 rings (SSSR count). The highest BCUT2D eigenvalue weighted by Crippen LogP contribution is 2.51. The van der Waals surface area contributed by atoms with Crippen molar-refractivity contribution in [2.24, 2.45) is 0 Å². The molecule has 0 radical (unpaired) electrons. The van der Waals surface area contributed by atoms with E-state index in [0.29, 0.717) is 0 Å². The summed E-state index contributed by atoms with van der Waals surface area (Å²) in [7, 11) is -2.34. The smallest absolute Gasteiger partial charge is 0.290 e. The first kappa shape index (κ1) is 16.9. The Bertz CT molecular complexity index is 987. The van der Waals surface area contributed by atoms with Gasteiger partial charge in [0.15, 0.2) is 0 Å². The van der Waals surface area contributed by atoms with Crippen LogP contribution in [0.3, 0.4) is 0 Å². The van der Waals surface area contributed by atoms with E-state index < -0.39 is 8.32 Å². The van der Waals surface area contributed by atoms with Gasteiger partial charge >= 0.3 is 0 Å². The average molecular weight is 357 g/mol. The van der Waals surface area contributed by atoms with Gasteiger partial charge in [0.2, 0.25) is 0 Å². The summed E-state index contributed by atoms with van der Waals surface area (Å²) >= 11 is 0. The van der Waals surface area contributed by atoms with Gasteiger partial charge in [0.25, 0.3) is 8.32 Å². The molecule has 26 heavy (non-hydrogen) atoms. The van der Waals surface area contributed by atoms with E-state index in [0.717, 1.165) is 5.76 Å². The molecule has 1 atom stereocenters. The number of hydrogen-bond donors (Lipinski definition) is 0. The SMILES string of the molecule is C=CC(C=C)[Si](C)(OC1=C(C)c2c(C)cccc21)C1=Cc2ccccc21. The van der Waals surface area contributed by atoms with E-state index >= 15 is 0 Å². The molecule has 1 nitrogen and oxygen atoms in total. The Morgan fingerprint density at radius 1 is 0.962 bits per heavy atom. The maximum atomic E-state index is 6.88. The fourth-order valence-corrected chi connectivity index (χ4v) is 7.63. The van der Waals surface area contributed by atoms with E-state index in [4.69, 9.17) is 4.43 Å². The fourth-order valence-electron chi connectivity index (χ4n) is 4.23. The molecule has 0 amide bonds. The van der Waals surface area contributed by atoms with Crippen LogP contribution in [0.15, 0.2) is 67.8 Å². The van der Waals surface area contributed by atoms with E-state index in [2.05, 4.69) is 82.1 Å². The maximum Gasteiger partial charge on any atom is 0.290 e. The Labute approximate surface area is 157 Å². The van der Waals surface area contributed by atoms with Crippen molar-refractivity contribution in [2.45, 2.75) is 25.9 Å².